The number of hydrogen-bond donors (Lipinski definition) is 2. The standard InChI is InChI=1S/C19H26N2O2.ClH/c22-19(21-16-6-8-23-9-7-16)15-3-1-2-14(10-15)17-11-18(17)20-12-13-4-5-13;/h1-3,10,13,16-18,20H,4-9,11-12H2,(H,21,22);1H. The van der Waals surface area contributed by atoms with Gasteiger partial charge in [0.25, 0.3) is 5.91 Å². The summed E-state index contributed by atoms with van der Waals surface area (Å²) in [5.41, 5.74) is 2.10. The summed E-state index contributed by atoms with van der Waals surface area (Å²) in [7, 11) is 0. The van der Waals surface area contributed by atoms with Crippen molar-refractivity contribution in [3.05, 3.63) is 35.4 Å². The Morgan fingerprint density at radius 1 is 1.17 bits per heavy atom. The molecule has 0 bridgehead atoms. The summed E-state index contributed by atoms with van der Waals surface area (Å²) in [6.07, 6.45) is 5.83. The van der Waals surface area contributed by atoms with Crippen LogP contribution in [0.25, 0.3) is 0 Å². The van der Waals surface area contributed by atoms with Gasteiger partial charge in [-0.1, -0.05) is 12.1 Å². The van der Waals surface area contributed by atoms with Crippen LogP contribution in [0.5, 0.6) is 0 Å². The van der Waals surface area contributed by atoms with E-state index in [0.717, 1.165) is 37.5 Å². The molecular formula is C19H27ClN2O2. The molecule has 1 saturated heterocycles. The first-order chi connectivity index (χ1) is 11.3. The number of amides is 1. The van der Waals surface area contributed by atoms with Gasteiger partial charge >= 0.3 is 0 Å². The number of rotatable bonds is 6. The van der Waals surface area contributed by atoms with E-state index < -0.39 is 0 Å². The summed E-state index contributed by atoms with van der Waals surface area (Å²) < 4.78 is 5.34. The largest absolute Gasteiger partial charge is 0.381 e. The lowest BCUT2D eigenvalue weighted by molar-refractivity contribution is 0.0696. The summed E-state index contributed by atoms with van der Waals surface area (Å²) in [5, 5.41) is 6.81. The second kappa shape index (κ2) is 7.85. The summed E-state index contributed by atoms with van der Waals surface area (Å²) in [6, 6.07) is 9.06. The molecule has 0 radical (unpaired) electrons. The summed E-state index contributed by atoms with van der Waals surface area (Å²) in [4.78, 5) is 12.4. The number of halogens is 1. The highest BCUT2D eigenvalue weighted by atomic mass is 35.5. The van der Waals surface area contributed by atoms with E-state index in [1.54, 1.807) is 0 Å². The lowest BCUT2D eigenvalue weighted by Gasteiger charge is -2.23. The van der Waals surface area contributed by atoms with Crippen LogP contribution in [0.3, 0.4) is 0 Å². The van der Waals surface area contributed by atoms with Crippen LogP contribution in [0.2, 0.25) is 0 Å². The van der Waals surface area contributed by atoms with Crippen molar-refractivity contribution in [2.24, 2.45) is 5.92 Å². The van der Waals surface area contributed by atoms with Crippen LogP contribution in [0, 0.1) is 5.92 Å². The number of hydrogen-bond acceptors (Lipinski definition) is 3. The zero-order chi connectivity index (χ0) is 15.6. The van der Waals surface area contributed by atoms with Crippen LogP contribution in [-0.2, 0) is 4.74 Å². The van der Waals surface area contributed by atoms with Crippen LogP contribution in [0.4, 0.5) is 0 Å². The van der Waals surface area contributed by atoms with Gasteiger partial charge in [-0.3, -0.25) is 4.79 Å². The highest BCUT2D eigenvalue weighted by Crippen LogP contribution is 2.41. The van der Waals surface area contributed by atoms with Crippen LogP contribution in [-0.4, -0.2) is 37.7 Å². The first kappa shape index (κ1) is 17.7. The minimum absolute atomic E-state index is 0. The molecule has 1 amide bonds. The van der Waals surface area contributed by atoms with Crippen molar-refractivity contribution >= 4 is 18.3 Å². The Bertz CT molecular complexity index is 570. The topological polar surface area (TPSA) is 50.4 Å². The number of carbonyl (C=O) groups excluding carboxylic acids is 1. The lowest BCUT2D eigenvalue weighted by atomic mass is 10.0. The maximum Gasteiger partial charge on any atom is 0.251 e. The molecule has 3 fully saturated rings. The van der Waals surface area contributed by atoms with Crippen molar-refractivity contribution in [3.63, 3.8) is 0 Å². The Hall–Kier alpha value is -1.10. The minimum atomic E-state index is 0. The van der Waals surface area contributed by atoms with Gasteiger partial charge in [-0.15, -0.1) is 12.4 Å². The van der Waals surface area contributed by atoms with Crippen molar-refractivity contribution in [2.75, 3.05) is 19.8 Å². The van der Waals surface area contributed by atoms with E-state index >= 15 is 0 Å². The molecule has 1 heterocycles. The number of nitrogens with one attached hydrogen (secondary N) is 2. The van der Waals surface area contributed by atoms with Gasteiger partial charge in [-0.2, -0.15) is 0 Å². The predicted molar refractivity (Wildman–Crippen MR) is 96.9 cm³/mol. The zero-order valence-corrected chi connectivity index (χ0v) is 14.8. The molecule has 5 heteroatoms. The quantitative estimate of drug-likeness (QED) is 0.829. The summed E-state index contributed by atoms with van der Waals surface area (Å²) in [5.74, 6) is 1.57. The minimum Gasteiger partial charge on any atom is -0.381 e. The van der Waals surface area contributed by atoms with E-state index in [1.807, 2.05) is 12.1 Å². The first-order valence-electron chi connectivity index (χ1n) is 9.01. The molecule has 1 aromatic rings. The molecule has 24 heavy (non-hydrogen) atoms. The van der Waals surface area contributed by atoms with Gasteiger partial charge in [0, 0.05) is 36.8 Å². The number of benzene rings is 1. The molecule has 1 aromatic carbocycles. The molecule has 2 atom stereocenters. The van der Waals surface area contributed by atoms with E-state index in [-0.39, 0.29) is 24.4 Å². The molecule has 2 unspecified atom stereocenters. The van der Waals surface area contributed by atoms with Crippen molar-refractivity contribution in [2.45, 2.75) is 50.1 Å². The van der Waals surface area contributed by atoms with Gasteiger partial charge in [0.05, 0.1) is 0 Å². The van der Waals surface area contributed by atoms with Crippen molar-refractivity contribution in [1.29, 1.82) is 0 Å². The van der Waals surface area contributed by atoms with E-state index in [2.05, 4.69) is 22.8 Å². The molecule has 0 aromatic heterocycles. The lowest BCUT2D eigenvalue weighted by Crippen LogP contribution is -2.38. The van der Waals surface area contributed by atoms with Crippen molar-refractivity contribution in [3.8, 4) is 0 Å². The second-order valence-corrected chi connectivity index (χ2v) is 7.29. The van der Waals surface area contributed by atoms with Gasteiger partial charge in [-0.05, 0) is 62.3 Å². The Labute approximate surface area is 150 Å². The summed E-state index contributed by atoms with van der Waals surface area (Å²) in [6.45, 7) is 2.67. The fourth-order valence-electron chi connectivity index (χ4n) is 3.45. The van der Waals surface area contributed by atoms with Crippen molar-refractivity contribution in [1.82, 2.24) is 10.6 Å². The molecule has 1 aliphatic heterocycles. The first-order valence-corrected chi connectivity index (χ1v) is 9.01. The predicted octanol–water partition coefficient (Wildman–Crippen LogP) is 2.87. The van der Waals surface area contributed by atoms with Gasteiger partial charge in [0.2, 0.25) is 0 Å². The number of carbonyl (C=O) groups is 1. The third kappa shape index (κ3) is 4.50. The van der Waals surface area contributed by atoms with E-state index in [1.165, 1.54) is 31.4 Å². The van der Waals surface area contributed by atoms with Gasteiger partial charge in [0.15, 0.2) is 0 Å². The van der Waals surface area contributed by atoms with Gasteiger partial charge in [-0.25, -0.2) is 0 Å². The molecule has 2 saturated carbocycles. The Kier molecular flexibility index (Phi) is 5.80. The Morgan fingerprint density at radius 3 is 2.71 bits per heavy atom. The third-order valence-electron chi connectivity index (χ3n) is 5.29. The SMILES string of the molecule is Cl.O=C(NC1CCOCC1)c1cccc(C2CC2NCC2CC2)c1. The highest BCUT2D eigenvalue weighted by molar-refractivity contribution is 5.94. The molecule has 3 aliphatic rings. The third-order valence-corrected chi connectivity index (χ3v) is 5.29. The average molecular weight is 351 g/mol. The van der Waals surface area contributed by atoms with E-state index in [4.69, 9.17) is 4.74 Å². The highest BCUT2D eigenvalue weighted by Gasteiger charge is 2.39. The second-order valence-electron chi connectivity index (χ2n) is 7.29. The fraction of sp³-hybridized carbons (Fsp3) is 0.632. The smallest absolute Gasteiger partial charge is 0.251 e. The maximum atomic E-state index is 12.4. The van der Waals surface area contributed by atoms with Crippen LogP contribution < -0.4 is 10.6 Å². The maximum absolute atomic E-state index is 12.4. The average Bonchev–Trinajstić information content (AvgIpc) is 3.48. The number of ether oxygens (including phenoxy) is 1. The Morgan fingerprint density at radius 2 is 1.96 bits per heavy atom. The van der Waals surface area contributed by atoms with Gasteiger partial charge in [0.1, 0.15) is 0 Å². The monoisotopic (exact) mass is 350 g/mol. The normalized spacial score (nSPS) is 26.5. The molecule has 132 valence electrons. The molecule has 0 spiro atoms. The fourth-order valence-corrected chi connectivity index (χ4v) is 3.45. The van der Waals surface area contributed by atoms with E-state index in [9.17, 15) is 4.79 Å². The molecule has 2 aliphatic carbocycles. The van der Waals surface area contributed by atoms with Crippen LogP contribution in [0.1, 0.15) is 53.9 Å². The van der Waals surface area contributed by atoms with E-state index in [0.29, 0.717) is 12.0 Å². The molecular weight excluding hydrogens is 324 g/mol. The zero-order valence-electron chi connectivity index (χ0n) is 14.0. The molecule has 4 nitrogen and oxygen atoms in total. The van der Waals surface area contributed by atoms with Crippen LogP contribution >= 0.6 is 12.4 Å². The Balaban J connectivity index is 0.00000169. The van der Waals surface area contributed by atoms with Gasteiger partial charge < -0.3 is 15.4 Å². The van der Waals surface area contributed by atoms with Crippen LogP contribution in [0.15, 0.2) is 24.3 Å². The van der Waals surface area contributed by atoms with Crippen molar-refractivity contribution < 1.29 is 9.53 Å². The molecule has 2 N–H and O–H groups in total. The molecule has 4 rings (SSSR count). The summed E-state index contributed by atoms with van der Waals surface area (Å²) >= 11 is 0.